The van der Waals surface area contributed by atoms with Crippen LogP contribution in [0.3, 0.4) is 0 Å². The standard InChI is InChI=1S/C19H18ClN5O2S/c1-12(28-15-5-3-2-4-6-15)17(26)27-11-16-23-18(21)25-19(24-16)22-14-9-7-13(20)8-10-14/h2-10,12H,11H2,1H3,(H3,21,22,23,24,25)/t12-/m0/s1. The van der Waals surface area contributed by atoms with E-state index in [0.717, 1.165) is 10.6 Å². The Balaban J connectivity index is 1.60. The van der Waals surface area contributed by atoms with Gasteiger partial charge in [-0.2, -0.15) is 15.0 Å². The van der Waals surface area contributed by atoms with Crippen LogP contribution < -0.4 is 11.1 Å². The lowest BCUT2D eigenvalue weighted by Crippen LogP contribution is -2.18. The van der Waals surface area contributed by atoms with Gasteiger partial charge in [0.25, 0.3) is 0 Å². The van der Waals surface area contributed by atoms with E-state index < -0.39 is 0 Å². The Hall–Kier alpha value is -2.84. The minimum absolute atomic E-state index is 0.0317. The molecule has 0 saturated heterocycles. The SMILES string of the molecule is C[C@H](Sc1ccccc1)C(=O)OCc1nc(N)nc(Nc2ccc(Cl)cc2)n1. The first kappa shape index (κ1) is 19.9. The topological polar surface area (TPSA) is 103 Å². The van der Waals surface area contributed by atoms with Gasteiger partial charge in [0.05, 0.1) is 0 Å². The van der Waals surface area contributed by atoms with E-state index in [1.54, 1.807) is 31.2 Å². The van der Waals surface area contributed by atoms with Crippen molar-refractivity contribution in [1.82, 2.24) is 15.0 Å². The molecule has 0 radical (unpaired) electrons. The van der Waals surface area contributed by atoms with E-state index in [-0.39, 0.29) is 35.5 Å². The average Bonchev–Trinajstić information content (AvgIpc) is 2.68. The largest absolute Gasteiger partial charge is 0.457 e. The van der Waals surface area contributed by atoms with Crippen LogP contribution in [0.1, 0.15) is 12.7 Å². The number of esters is 1. The fraction of sp³-hybridized carbons (Fsp3) is 0.158. The Morgan fingerprint density at radius 3 is 2.57 bits per heavy atom. The number of benzene rings is 2. The van der Waals surface area contributed by atoms with E-state index >= 15 is 0 Å². The highest BCUT2D eigenvalue weighted by atomic mass is 35.5. The summed E-state index contributed by atoms with van der Waals surface area (Å²) in [6.07, 6.45) is 0. The second-order valence-electron chi connectivity index (χ2n) is 5.75. The van der Waals surface area contributed by atoms with Gasteiger partial charge in [0.2, 0.25) is 11.9 Å². The van der Waals surface area contributed by atoms with Crippen LogP contribution in [0, 0.1) is 0 Å². The lowest BCUT2D eigenvalue weighted by molar-refractivity contribution is -0.144. The average molecular weight is 416 g/mol. The third-order valence-electron chi connectivity index (χ3n) is 3.53. The van der Waals surface area contributed by atoms with Crippen LogP contribution in [0.2, 0.25) is 5.02 Å². The van der Waals surface area contributed by atoms with Crippen molar-refractivity contribution in [2.24, 2.45) is 0 Å². The Morgan fingerprint density at radius 1 is 1.14 bits per heavy atom. The molecule has 3 rings (SSSR count). The fourth-order valence-corrected chi connectivity index (χ4v) is 3.24. The highest BCUT2D eigenvalue weighted by Crippen LogP contribution is 2.23. The summed E-state index contributed by atoms with van der Waals surface area (Å²) in [6, 6.07) is 16.7. The molecule has 0 spiro atoms. The summed E-state index contributed by atoms with van der Waals surface area (Å²) in [5.41, 5.74) is 6.48. The van der Waals surface area contributed by atoms with Gasteiger partial charge in [-0.1, -0.05) is 29.8 Å². The smallest absolute Gasteiger partial charge is 0.319 e. The molecule has 3 aromatic rings. The molecule has 144 valence electrons. The van der Waals surface area contributed by atoms with Gasteiger partial charge in [-0.25, -0.2) is 0 Å². The van der Waals surface area contributed by atoms with Crippen LogP contribution >= 0.6 is 23.4 Å². The van der Waals surface area contributed by atoms with Crippen molar-refractivity contribution in [2.45, 2.75) is 23.7 Å². The van der Waals surface area contributed by atoms with Crippen molar-refractivity contribution in [3.63, 3.8) is 0 Å². The monoisotopic (exact) mass is 415 g/mol. The lowest BCUT2D eigenvalue weighted by atomic mass is 10.3. The summed E-state index contributed by atoms with van der Waals surface area (Å²) in [6.45, 7) is 1.69. The second-order valence-corrected chi connectivity index (χ2v) is 7.60. The van der Waals surface area contributed by atoms with Crippen LogP contribution in [0.4, 0.5) is 17.6 Å². The Morgan fingerprint density at radius 2 is 1.86 bits per heavy atom. The van der Waals surface area contributed by atoms with Crippen molar-refractivity contribution in [3.05, 3.63) is 65.4 Å². The summed E-state index contributed by atoms with van der Waals surface area (Å²) >= 11 is 7.29. The van der Waals surface area contributed by atoms with E-state index in [1.807, 2.05) is 30.3 Å². The number of nitrogens with two attached hydrogens (primary N) is 1. The molecule has 0 unspecified atom stereocenters. The van der Waals surface area contributed by atoms with Gasteiger partial charge in [-0.3, -0.25) is 4.79 Å². The molecule has 1 heterocycles. The van der Waals surface area contributed by atoms with Gasteiger partial charge in [0.1, 0.15) is 5.25 Å². The quantitative estimate of drug-likeness (QED) is 0.439. The zero-order chi connectivity index (χ0) is 19.9. The summed E-state index contributed by atoms with van der Waals surface area (Å²) in [5, 5.41) is 3.26. The number of halogens is 1. The van der Waals surface area contributed by atoms with Gasteiger partial charge in [-0.15, -0.1) is 11.8 Å². The van der Waals surface area contributed by atoms with Crippen molar-refractivity contribution >= 4 is 46.9 Å². The third-order valence-corrected chi connectivity index (χ3v) is 4.87. The molecule has 0 aliphatic rings. The van der Waals surface area contributed by atoms with Crippen LogP contribution in [0.25, 0.3) is 0 Å². The summed E-state index contributed by atoms with van der Waals surface area (Å²) in [4.78, 5) is 25.5. The molecular weight excluding hydrogens is 398 g/mol. The van der Waals surface area contributed by atoms with E-state index in [0.29, 0.717) is 5.02 Å². The maximum Gasteiger partial charge on any atom is 0.319 e. The molecule has 1 atom stereocenters. The molecule has 0 aliphatic heterocycles. The van der Waals surface area contributed by atoms with Gasteiger partial charge in [0, 0.05) is 15.6 Å². The third kappa shape index (κ3) is 5.83. The number of hydrogen-bond donors (Lipinski definition) is 2. The normalized spacial score (nSPS) is 11.6. The van der Waals surface area contributed by atoms with Crippen molar-refractivity contribution < 1.29 is 9.53 Å². The number of thioether (sulfide) groups is 1. The minimum atomic E-state index is -0.367. The number of aromatic nitrogens is 3. The Bertz CT molecular complexity index is 941. The molecule has 0 fully saturated rings. The Labute approximate surface area is 171 Å². The molecule has 7 nitrogen and oxygen atoms in total. The van der Waals surface area contributed by atoms with Gasteiger partial charge in [0.15, 0.2) is 12.4 Å². The van der Waals surface area contributed by atoms with Crippen molar-refractivity contribution in [3.8, 4) is 0 Å². The molecular formula is C19H18ClN5O2S. The highest BCUT2D eigenvalue weighted by Gasteiger charge is 2.17. The number of carbonyl (C=O) groups excluding carboxylic acids is 1. The lowest BCUT2D eigenvalue weighted by Gasteiger charge is -2.11. The number of carbonyl (C=O) groups is 1. The molecule has 0 aliphatic carbocycles. The van der Waals surface area contributed by atoms with Crippen LogP contribution in [-0.4, -0.2) is 26.2 Å². The van der Waals surface area contributed by atoms with E-state index in [4.69, 9.17) is 22.1 Å². The predicted octanol–water partition coefficient (Wildman–Crippen LogP) is 4.07. The first-order chi connectivity index (χ1) is 13.5. The maximum atomic E-state index is 12.2. The molecule has 0 bridgehead atoms. The first-order valence-electron chi connectivity index (χ1n) is 8.41. The first-order valence-corrected chi connectivity index (χ1v) is 9.67. The molecule has 2 aromatic carbocycles. The van der Waals surface area contributed by atoms with Crippen molar-refractivity contribution in [2.75, 3.05) is 11.1 Å². The number of nitrogens with one attached hydrogen (secondary N) is 1. The number of hydrogen-bond acceptors (Lipinski definition) is 8. The van der Waals surface area contributed by atoms with Gasteiger partial charge in [-0.05, 0) is 43.3 Å². The fourth-order valence-electron chi connectivity index (χ4n) is 2.23. The number of nitrogen functional groups attached to an aromatic ring is 1. The van der Waals surface area contributed by atoms with E-state index in [2.05, 4.69) is 20.3 Å². The van der Waals surface area contributed by atoms with E-state index in [9.17, 15) is 4.79 Å². The summed E-state index contributed by atoms with van der Waals surface area (Å²) in [7, 11) is 0. The van der Waals surface area contributed by atoms with Gasteiger partial charge < -0.3 is 15.8 Å². The van der Waals surface area contributed by atoms with Crippen LogP contribution in [0.5, 0.6) is 0 Å². The zero-order valence-electron chi connectivity index (χ0n) is 15.0. The maximum absolute atomic E-state index is 12.2. The minimum Gasteiger partial charge on any atom is -0.457 e. The summed E-state index contributed by atoms with van der Waals surface area (Å²) < 4.78 is 5.32. The number of nitrogens with zero attached hydrogens (tertiary/aromatic N) is 3. The number of rotatable bonds is 7. The zero-order valence-corrected chi connectivity index (χ0v) is 16.6. The molecule has 1 aromatic heterocycles. The number of ether oxygens (including phenoxy) is 1. The number of anilines is 3. The second kappa shape index (κ2) is 9.38. The van der Waals surface area contributed by atoms with Gasteiger partial charge >= 0.3 is 5.97 Å². The van der Waals surface area contributed by atoms with Crippen LogP contribution in [0.15, 0.2) is 59.5 Å². The molecule has 0 amide bonds. The molecule has 0 saturated carbocycles. The molecule has 28 heavy (non-hydrogen) atoms. The van der Waals surface area contributed by atoms with E-state index in [1.165, 1.54) is 11.8 Å². The summed E-state index contributed by atoms with van der Waals surface area (Å²) in [5.74, 6) is 0.186. The predicted molar refractivity (Wildman–Crippen MR) is 111 cm³/mol. The highest BCUT2D eigenvalue weighted by molar-refractivity contribution is 8.00. The molecule has 9 heteroatoms. The molecule has 3 N–H and O–H groups in total. The van der Waals surface area contributed by atoms with Crippen LogP contribution in [-0.2, 0) is 16.1 Å². The Kier molecular flexibility index (Phi) is 6.67. The van der Waals surface area contributed by atoms with Crippen molar-refractivity contribution in [1.29, 1.82) is 0 Å².